The van der Waals surface area contributed by atoms with E-state index in [-0.39, 0.29) is 29.5 Å². The first-order valence-corrected chi connectivity index (χ1v) is 10.7. The van der Waals surface area contributed by atoms with Gasteiger partial charge in [0.25, 0.3) is 17.7 Å². The van der Waals surface area contributed by atoms with Crippen LogP contribution in [0.3, 0.4) is 0 Å². The molecule has 1 N–H and O–H groups in total. The number of nitrogens with zero attached hydrogens (tertiary/aromatic N) is 1. The van der Waals surface area contributed by atoms with Crippen molar-refractivity contribution in [3.63, 3.8) is 0 Å². The Labute approximate surface area is 168 Å². The first kappa shape index (κ1) is 20.4. The van der Waals surface area contributed by atoms with Crippen LogP contribution < -0.4 is 5.32 Å². The number of rotatable bonds is 9. The Kier molecular flexibility index (Phi) is 6.39. The minimum absolute atomic E-state index is 0.0507. The molecule has 1 aromatic carbocycles. The van der Waals surface area contributed by atoms with Gasteiger partial charge in [-0.15, -0.1) is 0 Å². The summed E-state index contributed by atoms with van der Waals surface area (Å²) in [5.41, 5.74) is 0.566. The minimum Gasteiger partial charge on any atom is -0.454 e. The maximum absolute atomic E-state index is 12.7. The number of amides is 3. The van der Waals surface area contributed by atoms with Crippen LogP contribution in [0.25, 0.3) is 0 Å². The Morgan fingerprint density at radius 2 is 1.82 bits per heavy atom. The van der Waals surface area contributed by atoms with Crippen LogP contribution in [0.5, 0.6) is 0 Å². The van der Waals surface area contributed by atoms with Crippen molar-refractivity contribution < 1.29 is 23.9 Å². The molecule has 28 heavy (non-hydrogen) atoms. The molecule has 2 atom stereocenters. The summed E-state index contributed by atoms with van der Waals surface area (Å²) in [6.45, 7) is 1.51. The van der Waals surface area contributed by atoms with Crippen LogP contribution in [-0.2, 0) is 14.3 Å². The summed E-state index contributed by atoms with van der Waals surface area (Å²) in [4.78, 5) is 51.0. The number of carbonyl (C=O) groups excluding carboxylic acids is 4. The first-order chi connectivity index (χ1) is 13.4. The summed E-state index contributed by atoms with van der Waals surface area (Å²) in [7, 11) is 0. The van der Waals surface area contributed by atoms with Crippen molar-refractivity contribution >= 4 is 35.5 Å². The van der Waals surface area contributed by atoms with Crippen molar-refractivity contribution in [3.8, 4) is 0 Å². The third kappa shape index (κ3) is 4.38. The molecule has 1 aromatic rings. The lowest BCUT2D eigenvalue weighted by molar-refractivity contribution is -0.152. The van der Waals surface area contributed by atoms with E-state index in [4.69, 9.17) is 4.74 Å². The van der Waals surface area contributed by atoms with Gasteiger partial charge in [-0.2, -0.15) is 11.8 Å². The molecule has 1 fully saturated rings. The van der Waals surface area contributed by atoms with Crippen LogP contribution in [0, 0.1) is 5.92 Å². The van der Waals surface area contributed by atoms with E-state index >= 15 is 0 Å². The third-order valence-electron chi connectivity index (χ3n) is 5.07. The second-order valence-corrected chi connectivity index (χ2v) is 8.11. The van der Waals surface area contributed by atoms with Crippen molar-refractivity contribution in [2.75, 3.05) is 18.6 Å². The van der Waals surface area contributed by atoms with Gasteiger partial charge in [0.2, 0.25) is 0 Å². The number of fused-ring (bicyclic) bond motifs is 1. The second-order valence-electron chi connectivity index (χ2n) is 7.12. The maximum Gasteiger partial charge on any atom is 0.329 e. The van der Waals surface area contributed by atoms with Gasteiger partial charge in [-0.3, -0.25) is 19.3 Å². The SMILES string of the molecule is CSCC[C@H](C(=O)OCC(=O)N[C@@H](C)C1CC1)N1C(=O)c2ccccc2C1=O. The number of benzene rings is 1. The molecule has 1 aliphatic carbocycles. The number of hydrogen-bond acceptors (Lipinski definition) is 6. The zero-order valence-corrected chi connectivity index (χ0v) is 16.8. The lowest BCUT2D eigenvalue weighted by atomic mass is 10.1. The van der Waals surface area contributed by atoms with E-state index in [2.05, 4.69) is 5.32 Å². The van der Waals surface area contributed by atoms with Gasteiger partial charge in [0.1, 0.15) is 6.04 Å². The molecule has 3 rings (SSSR count). The molecular weight excluding hydrogens is 380 g/mol. The lowest BCUT2D eigenvalue weighted by Gasteiger charge is -2.24. The first-order valence-electron chi connectivity index (χ1n) is 9.36. The number of ether oxygens (including phenoxy) is 1. The van der Waals surface area contributed by atoms with Crippen molar-refractivity contribution in [2.45, 2.75) is 38.3 Å². The Hall–Kier alpha value is -2.35. The van der Waals surface area contributed by atoms with Crippen LogP contribution in [-0.4, -0.2) is 59.3 Å². The molecule has 0 spiro atoms. The van der Waals surface area contributed by atoms with E-state index in [0.29, 0.717) is 11.7 Å². The van der Waals surface area contributed by atoms with Gasteiger partial charge < -0.3 is 10.1 Å². The summed E-state index contributed by atoms with van der Waals surface area (Å²) in [6.07, 6.45) is 4.33. The zero-order valence-electron chi connectivity index (χ0n) is 16.0. The average Bonchev–Trinajstić information content (AvgIpc) is 3.50. The van der Waals surface area contributed by atoms with Crippen LogP contribution in [0.4, 0.5) is 0 Å². The maximum atomic E-state index is 12.7. The molecule has 8 heteroatoms. The number of esters is 1. The van der Waals surface area contributed by atoms with E-state index in [1.165, 1.54) is 11.8 Å². The van der Waals surface area contributed by atoms with Crippen LogP contribution in [0.1, 0.15) is 46.9 Å². The van der Waals surface area contributed by atoms with E-state index in [9.17, 15) is 19.2 Å². The fourth-order valence-electron chi connectivity index (χ4n) is 3.32. The number of carbonyl (C=O) groups is 4. The van der Waals surface area contributed by atoms with Crippen molar-refractivity contribution in [3.05, 3.63) is 35.4 Å². The summed E-state index contributed by atoms with van der Waals surface area (Å²) < 4.78 is 5.17. The molecule has 0 radical (unpaired) electrons. The molecule has 1 saturated carbocycles. The molecule has 0 aromatic heterocycles. The summed E-state index contributed by atoms with van der Waals surface area (Å²) >= 11 is 1.50. The summed E-state index contributed by atoms with van der Waals surface area (Å²) in [6, 6.07) is 5.49. The van der Waals surface area contributed by atoms with Gasteiger partial charge in [-0.25, -0.2) is 4.79 Å². The van der Waals surface area contributed by atoms with Gasteiger partial charge in [-0.05, 0) is 56.2 Å². The number of imide groups is 1. The largest absolute Gasteiger partial charge is 0.454 e. The predicted molar refractivity (Wildman–Crippen MR) is 105 cm³/mol. The Morgan fingerprint density at radius 3 is 2.36 bits per heavy atom. The smallest absolute Gasteiger partial charge is 0.329 e. The fraction of sp³-hybridized carbons (Fsp3) is 0.500. The topological polar surface area (TPSA) is 92.8 Å². The number of nitrogens with one attached hydrogen (secondary N) is 1. The summed E-state index contributed by atoms with van der Waals surface area (Å²) in [5.74, 6) is -1.06. The van der Waals surface area contributed by atoms with Crippen molar-refractivity contribution in [2.24, 2.45) is 5.92 Å². The second kappa shape index (κ2) is 8.77. The van der Waals surface area contributed by atoms with Crippen molar-refractivity contribution in [1.29, 1.82) is 0 Å². The molecule has 1 heterocycles. The monoisotopic (exact) mass is 404 g/mol. The predicted octanol–water partition coefficient (Wildman–Crippen LogP) is 1.86. The van der Waals surface area contributed by atoms with Gasteiger partial charge >= 0.3 is 5.97 Å². The van der Waals surface area contributed by atoms with E-state index in [0.717, 1.165) is 17.7 Å². The van der Waals surface area contributed by atoms with E-state index in [1.54, 1.807) is 24.3 Å². The summed E-state index contributed by atoms with van der Waals surface area (Å²) in [5, 5.41) is 2.81. The Morgan fingerprint density at radius 1 is 1.21 bits per heavy atom. The normalized spacial score (nSPS) is 17.9. The molecule has 0 bridgehead atoms. The lowest BCUT2D eigenvalue weighted by Crippen LogP contribution is -2.47. The minimum atomic E-state index is -1.05. The highest BCUT2D eigenvalue weighted by molar-refractivity contribution is 7.98. The third-order valence-corrected chi connectivity index (χ3v) is 5.71. The molecule has 7 nitrogen and oxygen atoms in total. The fourth-order valence-corrected chi connectivity index (χ4v) is 3.77. The molecule has 2 aliphatic rings. The van der Waals surface area contributed by atoms with E-state index in [1.807, 2.05) is 13.2 Å². The quantitative estimate of drug-likeness (QED) is 0.499. The van der Waals surface area contributed by atoms with Crippen LogP contribution in [0.15, 0.2) is 24.3 Å². The molecule has 0 unspecified atom stereocenters. The van der Waals surface area contributed by atoms with Gasteiger partial charge in [0.05, 0.1) is 11.1 Å². The number of thioether (sulfide) groups is 1. The standard InChI is InChI=1S/C20H24N2O5S/c1-12(13-7-8-13)21-17(23)11-27-20(26)16(9-10-28-2)22-18(24)14-5-3-4-6-15(14)19(22)25/h3-6,12-13,16H,7-11H2,1-2H3,(H,21,23)/t12-,16+/m0/s1. The van der Waals surface area contributed by atoms with Gasteiger partial charge in [-0.1, -0.05) is 12.1 Å². The average molecular weight is 404 g/mol. The highest BCUT2D eigenvalue weighted by Gasteiger charge is 2.43. The molecule has 1 aliphatic heterocycles. The molecular formula is C20H24N2O5S. The van der Waals surface area contributed by atoms with E-state index < -0.39 is 30.4 Å². The van der Waals surface area contributed by atoms with Gasteiger partial charge in [0.15, 0.2) is 6.61 Å². The zero-order chi connectivity index (χ0) is 20.3. The van der Waals surface area contributed by atoms with Crippen molar-refractivity contribution in [1.82, 2.24) is 10.2 Å². The highest BCUT2D eigenvalue weighted by Crippen LogP contribution is 2.32. The Bertz CT molecular complexity index is 758. The molecule has 3 amide bonds. The van der Waals surface area contributed by atoms with Crippen LogP contribution in [0.2, 0.25) is 0 Å². The van der Waals surface area contributed by atoms with Crippen LogP contribution >= 0.6 is 11.8 Å². The highest BCUT2D eigenvalue weighted by atomic mass is 32.2. The van der Waals surface area contributed by atoms with Gasteiger partial charge in [0, 0.05) is 6.04 Å². The molecule has 0 saturated heterocycles. The Balaban J connectivity index is 1.66. The molecule has 150 valence electrons. The number of hydrogen-bond donors (Lipinski definition) is 1.